The standard InChI is InChI=1S/C10H11NO3/c1-7(10(13)14)6-9(12)8-4-2-3-5-11-8/h2-5,7H,6H2,1H3,(H,13,14)/t7-/m0/s1. The molecule has 0 aliphatic carbocycles. The van der Waals surface area contributed by atoms with Gasteiger partial charge in [0.2, 0.25) is 0 Å². The Hall–Kier alpha value is -1.71. The molecule has 0 aromatic carbocycles. The number of rotatable bonds is 4. The predicted octanol–water partition coefficient (Wildman–Crippen LogP) is 1.38. The topological polar surface area (TPSA) is 67.3 Å². The molecule has 1 N–H and O–H groups in total. The highest BCUT2D eigenvalue weighted by Crippen LogP contribution is 2.07. The summed E-state index contributed by atoms with van der Waals surface area (Å²) in [6, 6.07) is 4.99. The fourth-order valence-electron chi connectivity index (χ4n) is 0.998. The van der Waals surface area contributed by atoms with Crippen LogP contribution in [0.4, 0.5) is 0 Å². The van der Waals surface area contributed by atoms with Crippen LogP contribution in [0.5, 0.6) is 0 Å². The molecule has 14 heavy (non-hydrogen) atoms. The summed E-state index contributed by atoms with van der Waals surface area (Å²) in [4.78, 5) is 25.8. The molecule has 0 unspecified atom stereocenters. The highest BCUT2D eigenvalue weighted by atomic mass is 16.4. The summed E-state index contributed by atoms with van der Waals surface area (Å²) in [5, 5.41) is 8.61. The van der Waals surface area contributed by atoms with E-state index in [9.17, 15) is 9.59 Å². The van der Waals surface area contributed by atoms with E-state index in [4.69, 9.17) is 5.11 Å². The number of Topliss-reactive ketones (excluding diaryl/α,β-unsaturated/α-hetero) is 1. The van der Waals surface area contributed by atoms with Gasteiger partial charge >= 0.3 is 5.97 Å². The Morgan fingerprint density at radius 3 is 2.71 bits per heavy atom. The molecule has 0 spiro atoms. The van der Waals surface area contributed by atoms with Crippen molar-refractivity contribution in [2.45, 2.75) is 13.3 Å². The summed E-state index contributed by atoms with van der Waals surface area (Å²) in [6.45, 7) is 1.50. The predicted molar refractivity (Wildman–Crippen MR) is 50.0 cm³/mol. The van der Waals surface area contributed by atoms with E-state index in [1.54, 1.807) is 18.2 Å². The van der Waals surface area contributed by atoms with Crippen LogP contribution < -0.4 is 0 Å². The van der Waals surface area contributed by atoms with Crippen molar-refractivity contribution >= 4 is 11.8 Å². The van der Waals surface area contributed by atoms with Gasteiger partial charge in [-0.15, -0.1) is 0 Å². The Labute approximate surface area is 81.6 Å². The monoisotopic (exact) mass is 193 g/mol. The summed E-state index contributed by atoms with van der Waals surface area (Å²) < 4.78 is 0. The first-order valence-corrected chi connectivity index (χ1v) is 4.28. The zero-order valence-corrected chi connectivity index (χ0v) is 7.80. The molecule has 0 bridgehead atoms. The first-order chi connectivity index (χ1) is 6.61. The normalized spacial score (nSPS) is 12.1. The van der Waals surface area contributed by atoms with Crippen molar-refractivity contribution in [2.75, 3.05) is 0 Å². The van der Waals surface area contributed by atoms with E-state index in [2.05, 4.69) is 4.98 Å². The minimum atomic E-state index is -0.964. The average molecular weight is 193 g/mol. The van der Waals surface area contributed by atoms with Crippen LogP contribution in [0.1, 0.15) is 23.8 Å². The van der Waals surface area contributed by atoms with Gasteiger partial charge in [-0.3, -0.25) is 14.6 Å². The number of carbonyl (C=O) groups is 2. The van der Waals surface area contributed by atoms with Crippen LogP contribution >= 0.6 is 0 Å². The van der Waals surface area contributed by atoms with Gasteiger partial charge in [-0.25, -0.2) is 0 Å². The lowest BCUT2D eigenvalue weighted by molar-refractivity contribution is -0.141. The Morgan fingerprint density at radius 2 is 2.21 bits per heavy atom. The Balaban J connectivity index is 2.64. The lowest BCUT2D eigenvalue weighted by Crippen LogP contribution is -2.15. The van der Waals surface area contributed by atoms with Crippen molar-refractivity contribution in [1.29, 1.82) is 0 Å². The summed E-state index contributed by atoms with van der Waals surface area (Å²) in [5.74, 6) is -1.86. The number of pyridine rings is 1. The van der Waals surface area contributed by atoms with E-state index < -0.39 is 11.9 Å². The van der Waals surface area contributed by atoms with Crippen LogP contribution in [0.15, 0.2) is 24.4 Å². The summed E-state index contributed by atoms with van der Waals surface area (Å²) in [6.07, 6.45) is 1.50. The highest BCUT2D eigenvalue weighted by Gasteiger charge is 2.17. The van der Waals surface area contributed by atoms with E-state index in [-0.39, 0.29) is 12.2 Å². The smallest absolute Gasteiger partial charge is 0.306 e. The summed E-state index contributed by atoms with van der Waals surface area (Å²) >= 11 is 0. The van der Waals surface area contributed by atoms with Gasteiger partial charge in [0, 0.05) is 12.6 Å². The number of carboxylic acids is 1. The second-order valence-corrected chi connectivity index (χ2v) is 3.08. The van der Waals surface area contributed by atoms with Crippen molar-refractivity contribution in [3.8, 4) is 0 Å². The molecular formula is C10H11NO3. The Kier molecular flexibility index (Phi) is 3.34. The van der Waals surface area contributed by atoms with Gasteiger partial charge < -0.3 is 5.11 Å². The molecule has 0 amide bonds. The van der Waals surface area contributed by atoms with Gasteiger partial charge in [-0.05, 0) is 12.1 Å². The third kappa shape index (κ3) is 2.65. The lowest BCUT2D eigenvalue weighted by atomic mass is 10.0. The maximum Gasteiger partial charge on any atom is 0.306 e. The van der Waals surface area contributed by atoms with Crippen LogP contribution in [0.25, 0.3) is 0 Å². The van der Waals surface area contributed by atoms with E-state index in [1.807, 2.05) is 0 Å². The quantitative estimate of drug-likeness (QED) is 0.733. The molecule has 0 saturated carbocycles. The summed E-state index contributed by atoms with van der Waals surface area (Å²) in [5.41, 5.74) is 0.320. The average Bonchev–Trinajstić information content (AvgIpc) is 2.19. The number of ketones is 1. The third-order valence-corrected chi connectivity index (χ3v) is 1.86. The van der Waals surface area contributed by atoms with Gasteiger partial charge in [0.15, 0.2) is 5.78 Å². The van der Waals surface area contributed by atoms with Crippen molar-refractivity contribution in [3.05, 3.63) is 30.1 Å². The molecule has 0 aliphatic rings. The Morgan fingerprint density at radius 1 is 1.50 bits per heavy atom. The third-order valence-electron chi connectivity index (χ3n) is 1.86. The molecule has 74 valence electrons. The van der Waals surface area contributed by atoms with Gasteiger partial charge in [0.1, 0.15) is 5.69 Å². The van der Waals surface area contributed by atoms with Crippen LogP contribution in [0.2, 0.25) is 0 Å². The fourth-order valence-corrected chi connectivity index (χ4v) is 0.998. The molecule has 1 rings (SSSR count). The zero-order valence-electron chi connectivity index (χ0n) is 7.80. The molecule has 1 aromatic heterocycles. The number of aromatic nitrogens is 1. The second kappa shape index (κ2) is 4.50. The van der Waals surface area contributed by atoms with Gasteiger partial charge in [-0.2, -0.15) is 0 Å². The van der Waals surface area contributed by atoms with E-state index in [0.717, 1.165) is 0 Å². The van der Waals surface area contributed by atoms with Crippen LogP contribution in [-0.4, -0.2) is 21.8 Å². The van der Waals surface area contributed by atoms with Gasteiger partial charge in [0.25, 0.3) is 0 Å². The maximum atomic E-state index is 11.4. The number of carbonyl (C=O) groups excluding carboxylic acids is 1. The number of carboxylic acid groups (broad SMARTS) is 1. The molecule has 1 atom stereocenters. The van der Waals surface area contributed by atoms with Crippen molar-refractivity contribution in [2.24, 2.45) is 5.92 Å². The van der Waals surface area contributed by atoms with E-state index in [1.165, 1.54) is 13.1 Å². The lowest BCUT2D eigenvalue weighted by Gasteiger charge is -2.03. The van der Waals surface area contributed by atoms with Crippen molar-refractivity contribution in [1.82, 2.24) is 4.98 Å². The number of nitrogens with zero attached hydrogens (tertiary/aromatic N) is 1. The van der Waals surface area contributed by atoms with Crippen LogP contribution in [0.3, 0.4) is 0 Å². The van der Waals surface area contributed by atoms with Crippen LogP contribution in [-0.2, 0) is 4.79 Å². The molecule has 4 nitrogen and oxygen atoms in total. The molecule has 1 aromatic rings. The van der Waals surface area contributed by atoms with Crippen molar-refractivity contribution < 1.29 is 14.7 Å². The SMILES string of the molecule is C[C@@H](CC(=O)c1ccccn1)C(=O)O. The zero-order chi connectivity index (χ0) is 10.6. The minimum Gasteiger partial charge on any atom is -0.481 e. The summed E-state index contributed by atoms with van der Waals surface area (Å²) in [7, 11) is 0. The molecular weight excluding hydrogens is 182 g/mol. The molecule has 0 fully saturated rings. The maximum absolute atomic E-state index is 11.4. The number of hydrogen-bond donors (Lipinski definition) is 1. The molecule has 0 aliphatic heterocycles. The minimum absolute atomic E-state index is 0.00759. The first kappa shape index (κ1) is 10.4. The molecule has 4 heteroatoms. The number of aliphatic carboxylic acids is 1. The molecule has 1 heterocycles. The molecule has 0 radical (unpaired) electrons. The van der Waals surface area contributed by atoms with E-state index >= 15 is 0 Å². The van der Waals surface area contributed by atoms with E-state index in [0.29, 0.717) is 5.69 Å². The fraction of sp³-hybridized carbons (Fsp3) is 0.300. The van der Waals surface area contributed by atoms with Crippen LogP contribution in [0, 0.1) is 5.92 Å². The van der Waals surface area contributed by atoms with Gasteiger partial charge in [0.05, 0.1) is 5.92 Å². The highest BCUT2D eigenvalue weighted by molar-refractivity contribution is 5.96. The second-order valence-electron chi connectivity index (χ2n) is 3.08. The Bertz CT molecular complexity index is 334. The largest absolute Gasteiger partial charge is 0.481 e. The molecule has 0 saturated heterocycles. The van der Waals surface area contributed by atoms with Gasteiger partial charge in [-0.1, -0.05) is 13.0 Å². The first-order valence-electron chi connectivity index (χ1n) is 4.28. The number of hydrogen-bond acceptors (Lipinski definition) is 3. The van der Waals surface area contributed by atoms with Crippen molar-refractivity contribution in [3.63, 3.8) is 0 Å².